The molecule has 2 aromatic carbocycles. The SMILES string of the molecule is C#Cc1cccc(C2(NCCC)CC2)c1.CCNC(=O)CN(C)C(=O)CCCCCOc1cc(C)cc(F)c1.CO. The first-order valence-electron chi connectivity index (χ1n) is 14.4. The number of carbonyl (C=O) groups is 2. The van der Waals surface area contributed by atoms with Crippen LogP contribution in [-0.2, 0) is 15.1 Å². The molecular formula is C33H48FN3O4. The zero-order valence-corrected chi connectivity index (χ0v) is 25.4. The predicted molar refractivity (Wildman–Crippen MR) is 163 cm³/mol. The molecule has 1 aliphatic carbocycles. The molecule has 0 spiro atoms. The fourth-order valence-electron chi connectivity index (χ4n) is 4.24. The molecule has 1 fully saturated rings. The Hall–Kier alpha value is -3.41. The molecule has 0 heterocycles. The van der Waals surface area contributed by atoms with Gasteiger partial charge in [-0.15, -0.1) is 6.42 Å². The Bertz CT molecular complexity index is 1090. The number of amides is 2. The number of nitrogens with zero attached hydrogens (tertiary/aromatic N) is 1. The first-order chi connectivity index (χ1) is 19.7. The summed E-state index contributed by atoms with van der Waals surface area (Å²) in [5.41, 5.74) is 3.40. The summed E-state index contributed by atoms with van der Waals surface area (Å²) >= 11 is 0. The van der Waals surface area contributed by atoms with Gasteiger partial charge in [-0.05, 0) is 94.3 Å². The van der Waals surface area contributed by atoms with Gasteiger partial charge in [0.25, 0.3) is 0 Å². The zero-order chi connectivity index (χ0) is 30.7. The number of aliphatic hydroxyl groups is 1. The third-order valence-electron chi connectivity index (χ3n) is 6.55. The lowest BCUT2D eigenvalue weighted by molar-refractivity contribution is -0.134. The number of likely N-dealkylation sites (N-methyl/N-ethyl adjacent to an activating group) is 2. The van der Waals surface area contributed by atoms with Gasteiger partial charge in [0.2, 0.25) is 11.8 Å². The third-order valence-corrected chi connectivity index (χ3v) is 6.55. The van der Waals surface area contributed by atoms with Crippen LogP contribution in [0.4, 0.5) is 4.39 Å². The van der Waals surface area contributed by atoms with Crippen LogP contribution in [0, 0.1) is 25.1 Å². The summed E-state index contributed by atoms with van der Waals surface area (Å²) in [4.78, 5) is 24.7. The number of nitrogens with one attached hydrogen (secondary N) is 2. The van der Waals surface area contributed by atoms with Gasteiger partial charge in [-0.25, -0.2) is 4.39 Å². The molecule has 2 aromatic rings. The highest BCUT2D eigenvalue weighted by Gasteiger charge is 2.43. The van der Waals surface area contributed by atoms with Crippen molar-refractivity contribution >= 4 is 11.8 Å². The van der Waals surface area contributed by atoms with E-state index in [0.717, 1.165) is 44.0 Å². The number of rotatable bonds is 14. The van der Waals surface area contributed by atoms with E-state index in [1.165, 1.54) is 41.9 Å². The summed E-state index contributed by atoms with van der Waals surface area (Å²) in [6.45, 7) is 8.08. The Morgan fingerprint density at radius 2 is 1.85 bits per heavy atom. The van der Waals surface area contributed by atoms with E-state index in [-0.39, 0.29) is 29.7 Å². The summed E-state index contributed by atoms with van der Waals surface area (Å²) < 4.78 is 18.7. The third kappa shape index (κ3) is 13.7. The number of hydrogen-bond acceptors (Lipinski definition) is 5. The van der Waals surface area contributed by atoms with Crippen molar-refractivity contribution < 1.29 is 23.8 Å². The van der Waals surface area contributed by atoms with Crippen LogP contribution < -0.4 is 15.4 Å². The highest BCUT2D eigenvalue weighted by molar-refractivity contribution is 5.84. The van der Waals surface area contributed by atoms with Crippen LogP contribution in [0.3, 0.4) is 0 Å². The monoisotopic (exact) mass is 569 g/mol. The smallest absolute Gasteiger partial charge is 0.239 e. The predicted octanol–water partition coefficient (Wildman–Crippen LogP) is 4.93. The van der Waals surface area contributed by atoms with Crippen LogP contribution in [0.15, 0.2) is 42.5 Å². The summed E-state index contributed by atoms with van der Waals surface area (Å²) in [6.07, 6.45) is 11.9. The van der Waals surface area contributed by atoms with Crippen molar-refractivity contribution in [1.82, 2.24) is 15.5 Å². The van der Waals surface area contributed by atoms with Gasteiger partial charge in [-0.3, -0.25) is 9.59 Å². The maximum atomic E-state index is 13.2. The first kappa shape index (κ1) is 35.6. The quantitative estimate of drug-likeness (QED) is 0.222. The van der Waals surface area contributed by atoms with Gasteiger partial charge in [-0.2, -0.15) is 0 Å². The molecule has 1 saturated carbocycles. The van der Waals surface area contributed by atoms with Crippen molar-refractivity contribution in [2.45, 2.75) is 71.3 Å². The number of terminal acetylenes is 1. The first-order valence-corrected chi connectivity index (χ1v) is 14.4. The molecule has 0 atom stereocenters. The van der Waals surface area contributed by atoms with E-state index in [0.29, 0.717) is 25.3 Å². The second-order valence-electron chi connectivity index (χ2n) is 10.1. The molecule has 41 heavy (non-hydrogen) atoms. The topological polar surface area (TPSA) is 90.9 Å². The molecule has 0 bridgehead atoms. The molecule has 0 radical (unpaired) electrons. The molecule has 7 nitrogen and oxygen atoms in total. The molecule has 0 aliphatic heterocycles. The van der Waals surface area contributed by atoms with E-state index in [1.54, 1.807) is 13.1 Å². The summed E-state index contributed by atoms with van der Waals surface area (Å²) in [6, 6.07) is 13.0. The standard InChI is InChI=1S/C18H27FN2O3.C14H17N.CH4O/c1-4-20-17(22)13-21(3)18(23)8-6-5-7-9-24-16-11-14(2)10-15(19)12-16;1-3-10-15-14(8-9-14)13-7-5-6-12(4-2)11-13;1-2/h10-12H,4-9,13H2,1-3H3,(H,20,22);2,5-7,11,15H,3,8-10H2,1H3;2H,1H3. The number of ether oxygens (including phenoxy) is 1. The highest BCUT2D eigenvalue weighted by atomic mass is 19.1. The molecule has 0 unspecified atom stereocenters. The fourth-order valence-corrected chi connectivity index (χ4v) is 4.24. The van der Waals surface area contributed by atoms with Crippen molar-refractivity contribution in [2.24, 2.45) is 0 Å². The number of halogens is 1. The van der Waals surface area contributed by atoms with Crippen molar-refractivity contribution in [3.8, 4) is 18.1 Å². The van der Waals surface area contributed by atoms with Crippen molar-refractivity contribution in [3.05, 3.63) is 65.0 Å². The number of aliphatic hydroxyl groups excluding tert-OH is 1. The van der Waals surface area contributed by atoms with E-state index >= 15 is 0 Å². The van der Waals surface area contributed by atoms with E-state index in [4.69, 9.17) is 16.3 Å². The van der Waals surface area contributed by atoms with Crippen molar-refractivity contribution in [1.29, 1.82) is 0 Å². The molecule has 226 valence electrons. The second-order valence-corrected chi connectivity index (χ2v) is 10.1. The zero-order valence-electron chi connectivity index (χ0n) is 25.4. The fraction of sp³-hybridized carbons (Fsp3) is 0.515. The lowest BCUT2D eigenvalue weighted by Crippen LogP contribution is -2.38. The van der Waals surface area contributed by atoms with Crippen LogP contribution in [0.5, 0.6) is 5.75 Å². The lowest BCUT2D eigenvalue weighted by Gasteiger charge is -2.17. The molecule has 1 aliphatic rings. The minimum atomic E-state index is -0.300. The van der Waals surface area contributed by atoms with Crippen LogP contribution in [-0.4, -0.2) is 62.2 Å². The molecular weight excluding hydrogens is 521 g/mol. The lowest BCUT2D eigenvalue weighted by atomic mass is 10.0. The van der Waals surface area contributed by atoms with E-state index in [1.807, 2.05) is 19.9 Å². The normalized spacial score (nSPS) is 12.4. The van der Waals surface area contributed by atoms with Crippen LogP contribution in [0.1, 0.15) is 75.5 Å². The van der Waals surface area contributed by atoms with Gasteiger partial charge in [0.15, 0.2) is 0 Å². The highest BCUT2D eigenvalue weighted by Crippen LogP contribution is 2.45. The Labute approximate surface area is 245 Å². The number of benzene rings is 2. The average Bonchev–Trinajstić information content (AvgIpc) is 3.76. The van der Waals surface area contributed by atoms with E-state index in [9.17, 15) is 14.0 Å². The number of carbonyl (C=O) groups excluding carboxylic acids is 2. The minimum Gasteiger partial charge on any atom is -0.493 e. The van der Waals surface area contributed by atoms with Gasteiger partial charge in [0.1, 0.15) is 11.6 Å². The van der Waals surface area contributed by atoms with E-state index < -0.39 is 0 Å². The molecule has 8 heteroatoms. The van der Waals surface area contributed by atoms with Crippen molar-refractivity contribution in [3.63, 3.8) is 0 Å². The largest absolute Gasteiger partial charge is 0.493 e. The Morgan fingerprint density at radius 3 is 2.46 bits per heavy atom. The maximum absolute atomic E-state index is 13.2. The Balaban J connectivity index is 0.000000421. The molecule has 3 rings (SSSR count). The average molecular weight is 570 g/mol. The number of hydrogen-bond donors (Lipinski definition) is 3. The van der Waals surface area contributed by atoms with Crippen LogP contribution in [0.25, 0.3) is 0 Å². The summed E-state index contributed by atoms with van der Waals surface area (Å²) in [7, 11) is 2.63. The molecule has 3 N–H and O–H groups in total. The van der Waals surface area contributed by atoms with Gasteiger partial charge in [0.05, 0.1) is 13.2 Å². The second kappa shape index (κ2) is 19.6. The van der Waals surface area contributed by atoms with Crippen LogP contribution >= 0.6 is 0 Å². The van der Waals surface area contributed by atoms with Gasteiger partial charge in [0, 0.05) is 44.3 Å². The molecule has 2 amide bonds. The van der Waals surface area contributed by atoms with Gasteiger partial charge < -0.3 is 25.4 Å². The number of aryl methyl sites for hydroxylation is 1. The molecule has 0 saturated heterocycles. The minimum absolute atomic E-state index is 0.0390. The maximum Gasteiger partial charge on any atom is 0.239 e. The summed E-state index contributed by atoms with van der Waals surface area (Å²) in [5.74, 6) is 2.74. The van der Waals surface area contributed by atoms with Crippen LogP contribution in [0.2, 0.25) is 0 Å². The summed E-state index contributed by atoms with van der Waals surface area (Å²) in [5, 5.41) is 13.3. The Kier molecular flexibility index (Phi) is 17.1. The van der Waals surface area contributed by atoms with E-state index in [2.05, 4.69) is 41.7 Å². The van der Waals surface area contributed by atoms with Gasteiger partial charge in [-0.1, -0.05) is 25.0 Å². The van der Waals surface area contributed by atoms with Gasteiger partial charge >= 0.3 is 0 Å². The van der Waals surface area contributed by atoms with Crippen molar-refractivity contribution in [2.75, 3.05) is 40.4 Å². The number of unbranched alkanes of at least 4 members (excludes halogenated alkanes) is 2. The Morgan fingerprint density at radius 1 is 1.12 bits per heavy atom. The molecule has 0 aromatic heterocycles.